The molecule has 0 unspecified atom stereocenters. The summed E-state index contributed by atoms with van der Waals surface area (Å²) in [6.07, 6.45) is 3.28. The number of hydrogen-bond acceptors (Lipinski definition) is 2. The van der Waals surface area contributed by atoms with Crippen molar-refractivity contribution in [2.45, 2.75) is 38.3 Å². The highest BCUT2D eigenvalue weighted by Crippen LogP contribution is 2.29. The summed E-state index contributed by atoms with van der Waals surface area (Å²) in [5, 5.41) is 0. The Kier molecular flexibility index (Phi) is 5.47. The zero-order valence-corrected chi connectivity index (χ0v) is 13.7. The van der Waals surface area contributed by atoms with E-state index in [-0.39, 0.29) is 11.7 Å². The molecule has 0 atom stereocenters. The first-order valence-corrected chi connectivity index (χ1v) is 8.44. The largest absolute Gasteiger partial charge is 0.493 e. The van der Waals surface area contributed by atoms with E-state index in [4.69, 9.17) is 4.74 Å². The van der Waals surface area contributed by atoms with Gasteiger partial charge < -0.3 is 9.64 Å². The molecule has 0 saturated heterocycles. The van der Waals surface area contributed by atoms with Crippen LogP contribution in [0.15, 0.2) is 54.6 Å². The summed E-state index contributed by atoms with van der Waals surface area (Å²) in [5.41, 5.74) is 1.16. The van der Waals surface area contributed by atoms with Crippen LogP contribution in [0.2, 0.25) is 0 Å². The molecule has 126 valence electrons. The van der Waals surface area contributed by atoms with Crippen molar-refractivity contribution in [3.63, 3.8) is 0 Å². The van der Waals surface area contributed by atoms with Gasteiger partial charge in [-0.2, -0.15) is 0 Å². The quantitative estimate of drug-likeness (QED) is 0.681. The molecule has 1 fully saturated rings. The average molecular weight is 327 g/mol. The van der Waals surface area contributed by atoms with Crippen LogP contribution in [0.1, 0.15) is 31.2 Å². The molecule has 1 saturated carbocycles. The standard InChI is InChI=1S/C20H22FNO2/c21-17-8-4-9-19(14-17)24-13-5-10-20(23)22(18-11-12-18)15-16-6-2-1-3-7-16/h1-4,6-9,14,18H,5,10-13,15H2. The van der Waals surface area contributed by atoms with Crippen LogP contribution in [0, 0.1) is 5.82 Å². The molecule has 0 radical (unpaired) electrons. The lowest BCUT2D eigenvalue weighted by molar-refractivity contribution is -0.132. The number of halogens is 1. The maximum Gasteiger partial charge on any atom is 0.223 e. The van der Waals surface area contributed by atoms with Gasteiger partial charge in [-0.3, -0.25) is 4.79 Å². The fraction of sp³-hybridized carbons (Fsp3) is 0.350. The maximum atomic E-state index is 13.1. The van der Waals surface area contributed by atoms with Crippen molar-refractivity contribution in [3.8, 4) is 5.75 Å². The minimum absolute atomic E-state index is 0.171. The number of benzene rings is 2. The summed E-state index contributed by atoms with van der Waals surface area (Å²) < 4.78 is 18.6. The van der Waals surface area contributed by atoms with Crippen molar-refractivity contribution in [1.82, 2.24) is 4.90 Å². The van der Waals surface area contributed by atoms with E-state index in [9.17, 15) is 9.18 Å². The Morgan fingerprint density at radius 1 is 1.12 bits per heavy atom. The third-order valence-corrected chi connectivity index (χ3v) is 4.10. The molecular formula is C20H22FNO2. The predicted molar refractivity (Wildman–Crippen MR) is 91.1 cm³/mol. The van der Waals surface area contributed by atoms with E-state index >= 15 is 0 Å². The van der Waals surface area contributed by atoms with Gasteiger partial charge in [-0.25, -0.2) is 4.39 Å². The van der Waals surface area contributed by atoms with Crippen LogP contribution < -0.4 is 4.74 Å². The number of hydrogen-bond donors (Lipinski definition) is 0. The molecular weight excluding hydrogens is 305 g/mol. The van der Waals surface area contributed by atoms with Gasteiger partial charge in [0.15, 0.2) is 0 Å². The van der Waals surface area contributed by atoms with Crippen LogP contribution in [0.3, 0.4) is 0 Å². The first kappa shape index (κ1) is 16.5. The molecule has 2 aromatic rings. The molecule has 24 heavy (non-hydrogen) atoms. The van der Waals surface area contributed by atoms with Gasteiger partial charge in [0.25, 0.3) is 0 Å². The molecule has 0 N–H and O–H groups in total. The lowest BCUT2D eigenvalue weighted by Crippen LogP contribution is -2.32. The highest BCUT2D eigenvalue weighted by Gasteiger charge is 2.32. The van der Waals surface area contributed by atoms with Gasteiger partial charge in [0.05, 0.1) is 6.61 Å². The second kappa shape index (κ2) is 7.95. The lowest BCUT2D eigenvalue weighted by Gasteiger charge is -2.22. The van der Waals surface area contributed by atoms with Crippen LogP contribution in [-0.2, 0) is 11.3 Å². The second-order valence-corrected chi connectivity index (χ2v) is 6.15. The Morgan fingerprint density at radius 2 is 1.92 bits per heavy atom. The van der Waals surface area contributed by atoms with Crippen molar-refractivity contribution in [3.05, 3.63) is 66.0 Å². The molecule has 1 aliphatic rings. The fourth-order valence-corrected chi connectivity index (χ4v) is 2.70. The van der Waals surface area contributed by atoms with E-state index in [0.29, 0.717) is 37.8 Å². The van der Waals surface area contributed by atoms with Gasteiger partial charge in [0.1, 0.15) is 11.6 Å². The van der Waals surface area contributed by atoms with Crippen molar-refractivity contribution in [2.24, 2.45) is 0 Å². The molecule has 0 aromatic heterocycles. The Labute approximate surface area is 142 Å². The third kappa shape index (κ3) is 4.82. The Balaban J connectivity index is 1.46. The summed E-state index contributed by atoms with van der Waals surface area (Å²) in [5.74, 6) is 0.362. The minimum atomic E-state index is -0.314. The number of carbonyl (C=O) groups is 1. The molecule has 3 nitrogen and oxygen atoms in total. The van der Waals surface area contributed by atoms with Gasteiger partial charge in [0, 0.05) is 25.1 Å². The molecule has 1 amide bonds. The number of amides is 1. The van der Waals surface area contributed by atoms with E-state index in [1.807, 2.05) is 23.1 Å². The van der Waals surface area contributed by atoms with Crippen molar-refractivity contribution >= 4 is 5.91 Å². The van der Waals surface area contributed by atoms with Crippen molar-refractivity contribution < 1.29 is 13.9 Å². The van der Waals surface area contributed by atoms with Crippen molar-refractivity contribution in [1.29, 1.82) is 0 Å². The number of carbonyl (C=O) groups excluding carboxylic acids is 1. The maximum absolute atomic E-state index is 13.1. The fourth-order valence-electron chi connectivity index (χ4n) is 2.70. The molecule has 0 spiro atoms. The zero-order valence-electron chi connectivity index (χ0n) is 13.7. The van der Waals surface area contributed by atoms with Crippen LogP contribution in [0.4, 0.5) is 4.39 Å². The number of ether oxygens (including phenoxy) is 1. The van der Waals surface area contributed by atoms with E-state index in [2.05, 4.69) is 12.1 Å². The van der Waals surface area contributed by atoms with E-state index in [0.717, 1.165) is 18.4 Å². The molecule has 4 heteroatoms. The molecule has 1 aliphatic carbocycles. The number of rotatable bonds is 8. The monoisotopic (exact) mass is 327 g/mol. The molecule has 3 rings (SSSR count). The van der Waals surface area contributed by atoms with E-state index < -0.39 is 0 Å². The molecule has 0 aliphatic heterocycles. The highest BCUT2D eigenvalue weighted by molar-refractivity contribution is 5.76. The normalized spacial score (nSPS) is 13.5. The number of nitrogens with zero attached hydrogens (tertiary/aromatic N) is 1. The van der Waals surface area contributed by atoms with E-state index in [1.54, 1.807) is 12.1 Å². The Morgan fingerprint density at radius 3 is 2.62 bits per heavy atom. The Hall–Kier alpha value is -2.36. The topological polar surface area (TPSA) is 29.5 Å². The summed E-state index contributed by atoms with van der Waals surface area (Å²) in [7, 11) is 0. The Bertz CT molecular complexity index is 670. The van der Waals surface area contributed by atoms with Crippen LogP contribution in [0.25, 0.3) is 0 Å². The smallest absolute Gasteiger partial charge is 0.223 e. The second-order valence-electron chi connectivity index (χ2n) is 6.15. The first-order chi connectivity index (χ1) is 11.7. The zero-order chi connectivity index (χ0) is 16.8. The van der Waals surface area contributed by atoms with Gasteiger partial charge in [-0.15, -0.1) is 0 Å². The summed E-state index contributed by atoms with van der Waals surface area (Å²) in [4.78, 5) is 14.5. The molecule has 0 heterocycles. The lowest BCUT2D eigenvalue weighted by atomic mass is 10.2. The SMILES string of the molecule is O=C(CCCOc1cccc(F)c1)N(Cc1ccccc1)C1CC1. The van der Waals surface area contributed by atoms with Crippen LogP contribution >= 0.6 is 0 Å². The van der Waals surface area contributed by atoms with Gasteiger partial charge >= 0.3 is 0 Å². The highest BCUT2D eigenvalue weighted by atomic mass is 19.1. The average Bonchev–Trinajstić information content (AvgIpc) is 3.42. The van der Waals surface area contributed by atoms with Crippen LogP contribution in [0.5, 0.6) is 5.75 Å². The molecule has 0 bridgehead atoms. The minimum Gasteiger partial charge on any atom is -0.493 e. The summed E-state index contributed by atoms with van der Waals surface area (Å²) in [6.45, 7) is 1.09. The van der Waals surface area contributed by atoms with Gasteiger partial charge in [0.2, 0.25) is 5.91 Å². The van der Waals surface area contributed by atoms with E-state index in [1.165, 1.54) is 12.1 Å². The third-order valence-electron chi connectivity index (χ3n) is 4.10. The van der Waals surface area contributed by atoms with Gasteiger partial charge in [-0.05, 0) is 37.0 Å². The molecule has 2 aromatic carbocycles. The summed E-state index contributed by atoms with van der Waals surface area (Å²) >= 11 is 0. The summed E-state index contributed by atoms with van der Waals surface area (Å²) in [6, 6.07) is 16.5. The van der Waals surface area contributed by atoms with Crippen LogP contribution in [-0.4, -0.2) is 23.5 Å². The van der Waals surface area contributed by atoms with Crippen molar-refractivity contribution in [2.75, 3.05) is 6.61 Å². The predicted octanol–water partition coefficient (Wildman–Crippen LogP) is 4.18. The van der Waals surface area contributed by atoms with Gasteiger partial charge in [-0.1, -0.05) is 36.4 Å². The first-order valence-electron chi connectivity index (χ1n) is 8.44.